The van der Waals surface area contributed by atoms with Crippen molar-refractivity contribution in [1.29, 1.82) is 0 Å². The van der Waals surface area contributed by atoms with Gasteiger partial charge in [-0.3, -0.25) is 14.5 Å². The van der Waals surface area contributed by atoms with E-state index < -0.39 is 17.0 Å². The Labute approximate surface area is 213 Å². The summed E-state index contributed by atoms with van der Waals surface area (Å²) in [5, 5.41) is 0.188. The number of rotatable bonds is 5. The van der Waals surface area contributed by atoms with Gasteiger partial charge in [0.15, 0.2) is 0 Å². The average Bonchev–Trinajstić information content (AvgIpc) is 3.01. The number of hydrogen-bond donors (Lipinski definition) is 0. The first-order chi connectivity index (χ1) is 16.0. The van der Waals surface area contributed by atoms with E-state index in [1.165, 1.54) is 18.2 Å². The number of halogens is 3. The fourth-order valence-corrected chi connectivity index (χ4v) is 5.74. The first-order valence-corrected chi connectivity index (χ1v) is 12.6. The van der Waals surface area contributed by atoms with Crippen molar-refractivity contribution in [3.05, 3.63) is 73.9 Å². The molecule has 2 amide bonds. The van der Waals surface area contributed by atoms with Crippen LogP contribution in [0.3, 0.4) is 0 Å². The zero-order chi connectivity index (χ0) is 24.8. The Balaban J connectivity index is 1.68. The van der Waals surface area contributed by atoms with E-state index in [1.54, 1.807) is 6.08 Å². The minimum atomic E-state index is -0.560. The molecule has 34 heavy (non-hydrogen) atoms. The van der Waals surface area contributed by atoms with Gasteiger partial charge in [0.1, 0.15) is 5.82 Å². The summed E-state index contributed by atoms with van der Waals surface area (Å²) < 4.78 is 14.2. The molecule has 0 atom stereocenters. The minimum absolute atomic E-state index is 0.110. The highest BCUT2D eigenvalue weighted by atomic mass is 35.5. The molecule has 2 aromatic carbocycles. The Kier molecular flexibility index (Phi) is 6.87. The number of anilines is 1. The highest BCUT2D eigenvalue weighted by molar-refractivity contribution is 8.18. The van der Waals surface area contributed by atoms with E-state index in [0.717, 1.165) is 46.5 Å². The molecule has 1 saturated heterocycles. The van der Waals surface area contributed by atoms with Crippen LogP contribution in [0.25, 0.3) is 11.6 Å². The van der Waals surface area contributed by atoms with Gasteiger partial charge in [-0.15, -0.1) is 0 Å². The summed E-state index contributed by atoms with van der Waals surface area (Å²) in [5.41, 5.74) is 3.84. The molecule has 2 aliphatic rings. The number of carbonyl (C=O) groups is 2. The van der Waals surface area contributed by atoms with E-state index in [4.69, 9.17) is 23.2 Å². The van der Waals surface area contributed by atoms with Crippen molar-refractivity contribution in [1.82, 2.24) is 4.90 Å². The van der Waals surface area contributed by atoms with Crippen LogP contribution in [0.15, 0.2) is 41.3 Å². The number of allylic oxidation sites excluding steroid dienone is 1. The predicted octanol–water partition coefficient (Wildman–Crippen LogP) is 7.78. The van der Waals surface area contributed by atoms with Crippen LogP contribution < -0.4 is 4.90 Å². The summed E-state index contributed by atoms with van der Waals surface area (Å²) in [6.07, 6.45) is 4.86. The molecule has 2 aliphatic heterocycles. The van der Waals surface area contributed by atoms with Gasteiger partial charge in [-0.25, -0.2) is 4.39 Å². The molecule has 2 heterocycles. The van der Waals surface area contributed by atoms with E-state index in [-0.39, 0.29) is 27.6 Å². The van der Waals surface area contributed by atoms with Crippen LogP contribution in [-0.2, 0) is 11.3 Å². The second kappa shape index (κ2) is 9.40. The van der Waals surface area contributed by atoms with Crippen molar-refractivity contribution in [3.8, 4) is 0 Å². The lowest BCUT2D eigenvalue weighted by Crippen LogP contribution is -2.45. The van der Waals surface area contributed by atoms with Crippen LogP contribution in [0.2, 0.25) is 10.0 Å². The van der Waals surface area contributed by atoms with Gasteiger partial charge >= 0.3 is 0 Å². The number of benzene rings is 2. The highest BCUT2D eigenvalue weighted by Crippen LogP contribution is 2.43. The Bertz CT molecular complexity index is 1240. The van der Waals surface area contributed by atoms with Crippen LogP contribution >= 0.6 is 35.0 Å². The number of imide groups is 1. The smallest absolute Gasteiger partial charge is 0.293 e. The lowest BCUT2D eigenvalue weighted by Gasteiger charge is -2.43. The molecule has 4 rings (SSSR count). The zero-order valence-corrected chi connectivity index (χ0v) is 21.7. The Morgan fingerprint density at radius 3 is 2.56 bits per heavy atom. The van der Waals surface area contributed by atoms with E-state index >= 15 is 0 Å². The summed E-state index contributed by atoms with van der Waals surface area (Å²) in [5.74, 6) is -1.06. The second-order valence-electron chi connectivity index (χ2n) is 8.99. The summed E-state index contributed by atoms with van der Waals surface area (Å²) in [7, 11) is 0. The van der Waals surface area contributed by atoms with Crippen LogP contribution in [0.4, 0.5) is 14.9 Å². The quantitative estimate of drug-likeness (QED) is 0.378. The van der Waals surface area contributed by atoms with Gasteiger partial charge in [0, 0.05) is 33.4 Å². The molecule has 2 aromatic rings. The van der Waals surface area contributed by atoms with Crippen molar-refractivity contribution in [2.45, 2.75) is 46.2 Å². The van der Waals surface area contributed by atoms with Crippen molar-refractivity contribution < 1.29 is 14.0 Å². The maximum atomic E-state index is 14.2. The van der Waals surface area contributed by atoms with Crippen LogP contribution in [0, 0.1) is 5.82 Å². The molecule has 0 radical (unpaired) electrons. The summed E-state index contributed by atoms with van der Waals surface area (Å²) in [6.45, 7) is 9.21. The number of amides is 2. The molecule has 4 nitrogen and oxygen atoms in total. The van der Waals surface area contributed by atoms with Gasteiger partial charge in [-0.2, -0.15) is 0 Å². The molecular formula is C26H25Cl2FN2O2S. The molecular weight excluding hydrogens is 494 g/mol. The molecule has 0 aliphatic carbocycles. The molecule has 178 valence electrons. The van der Waals surface area contributed by atoms with Gasteiger partial charge in [-0.1, -0.05) is 42.3 Å². The monoisotopic (exact) mass is 518 g/mol. The van der Waals surface area contributed by atoms with Crippen molar-refractivity contribution in [2.24, 2.45) is 0 Å². The van der Waals surface area contributed by atoms with E-state index in [0.29, 0.717) is 10.6 Å². The molecule has 0 spiro atoms. The molecule has 8 heteroatoms. The topological polar surface area (TPSA) is 40.6 Å². The number of hydrogen-bond acceptors (Lipinski definition) is 4. The lowest BCUT2D eigenvalue weighted by molar-refractivity contribution is -0.123. The van der Waals surface area contributed by atoms with Crippen molar-refractivity contribution in [2.75, 3.05) is 11.4 Å². The van der Waals surface area contributed by atoms with E-state index in [9.17, 15) is 14.0 Å². The third kappa shape index (κ3) is 4.51. The zero-order valence-electron chi connectivity index (χ0n) is 19.4. The Hall–Kier alpha value is -2.28. The maximum Gasteiger partial charge on any atom is 0.293 e. The van der Waals surface area contributed by atoms with Crippen molar-refractivity contribution >= 4 is 63.4 Å². The summed E-state index contributed by atoms with van der Waals surface area (Å²) >= 11 is 13.6. The molecule has 0 aromatic heterocycles. The first kappa shape index (κ1) is 24.8. The Morgan fingerprint density at radius 1 is 1.15 bits per heavy atom. The third-order valence-corrected chi connectivity index (χ3v) is 7.67. The highest BCUT2D eigenvalue weighted by Gasteiger charge is 2.36. The number of nitrogens with zero attached hydrogens (tertiary/aromatic N) is 2. The Morgan fingerprint density at radius 2 is 1.88 bits per heavy atom. The van der Waals surface area contributed by atoms with Gasteiger partial charge < -0.3 is 4.90 Å². The number of thioether (sulfide) groups is 1. The second-order valence-corrected chi connectivity index (χ2v) is 10.8. The molecule has 0 bridgehead atoms. The molecule has 1 fully saturated rings. The standard InChI is InChI=1S/C26H25Cl2FN2O2S/c1-5-9-31-22-12-20(28)16(10-17(22)15(2)13-26(31,3)4)11-23-24(32)30(25(33)34-23)14-18-19(27)7-6-8-21(18)29/h6-8,10-13H,5,9,14H2,1-4H3/b23-11+. The molecule has 0 saturated carbocycles. The minimum Gasteiger partial charge on any atom is -0.362 e. The van der Waals surface area contributed by atoms with Gasteiger partial charge in [0.25, 0.3) is 11.1 Å². The van der Waals surface area contributed by atoms with Crippen LogP contribution in [0.5, 0.6) is 0 Å². The SMILES string of the molecule is CCCN1c2cc(Cl)c(/C=C3/SC(=O)N(Cc4c(F)cccc4Cl)C3=O)cc2C(C)=CC1(C)C. The molecule has 0 unspecified atom stereocenters. The number of fused-ring (bicyclic) bond motifs is 1. The normalized spacial score (nSPS) is 18.6. The van der Waals surface area contributed by atoms with Crippen molar-refractivity contribution in [3.63, 3.8) is 0 Å². The fraction of sp³-hybridized carbons (Fsp3) is 0.308. The van der Waals surface area contributed by atoms with Gasteiger partial charge in [0.2, 0.25) is 0 Å². The lowest BCUT2D eigenvalue weighted by atomic mass is 9.87. The maximum absolute atomic E-state index is 14.2. The van der Waals surface area contributed by atoms with Gasteiger partial charge in [0.05, 0.1) is 17.0 Å². The van der Waals surface area contributed by atoms with E-state index in [2.05, 4.69) is 38.7 Å². The summed E-state index contributed by atoms with van der Waals surface area (Å²) in [4.78, 5) is 29.2. The summed E-state index contributed by atoms with van der Waals surface area (Å²) in [6, 6.07) is 8.15. The van der Waals surface area contributed by atoms with Gasteiger partial charge in [-0.05, 0) is 80.4 Å². The predicted molar refractivity (Wildman–Crippen MR) is 140 cm³/mol. The molecule has 0 N–H and O–H groups in total. The average molecular weight is 519 g/mol. The first-order valence-electron chi connectivity index (χ1n) is 11.0. The van der Waals surface area contributed by atoms with E-state index in [1.807, 2.05) is 12.1 Å². The number of carbonyl (C=O) groups excluding carboxylic acids is 2. The fourth-order valence-electron chi connectivity index (χ4n) is 4.48. The van der Waals surface area contributed by atoms with Crippen LogP contribution in [0.1, 0.15) is 50.8 Å². The third-order valence-electron chi connectivity index (χ3n) is 6.08. The van der Waals surface area contributed by atoms with Crippen LogP contribution in [-0.4, -0.2) is 28.1 Å². The largest absolute Gasteiger partial charge is 0.362 e.